The fourth-order valence-corrected chi connectivity index (χ4v) is 4.24. The van der Waals surface area contributed by atoms with Gasteiger partial charge in [0.25, 0.3) is 5.91 Å². The van der Waals surface area contributed by atoms with Gasteiger partial charge < -0.3 is 14.8 Å². The summed E-state index contributed by atoms with van der Waals surface area (Å²) in [6.45, 7) is -0.732. The van der Waals surface area contributed by atoms with Crippen LogP contribution in [0.5, 0.6) is 11.5 Å². The van der Waals surface area contributed by atoms with Crippen LogP contribution < -0.4 is 14.8 Å². The quantitative estimate of drug-likeness (QED) is 0.566. The molecule has 3 rings (SSSR count). The number of thiophene rings is 1. The van der Waals surface area contributed by atoms with Crippen LogP contribution in [0.4, 0.5) is 8.78 Å². The summed E-state index contributed by atoms with van der Waals surface area (Å²) in [5.41, 5.74) is 0.956. The number of para-hydroxylation sites is 1. The molecule has 3 aromatic rings. The topological polar surface area (TPSA) is 60.5 Å². The van der Waals surface area contributed by atoms with E-state index in [2.05, 4.69) is 15.0 Å². The first kappa shape index (κ1) is 20.2. The van der Waals surface area contributed by atoms with Gasteiger partial charge in [-0.25, -0.2) is 4.98 Å². The molecule has 1 N–H and O–H groups in total. The van der Waals surface area contributed by atoms with Gasteiger partial charge in [-0.05, 0) is 37.6 Å². The summed E-state index contributed by atoms with van der Waals surface area (Å²) in [6, 6.07) is 8.43. The Morgan fingerprint density at radius 2 is 2.11 bits per heavy atom. The number of carbonyl (C=O) groups excluding carboxylic acids is 1. The molecule has 1 amide bonds. The highest BCUT2D eigenvalue weighted by Crippen LogP contribution is 2.32. The van der Waals surface area contributed by atoms with E-state index in [1.807, 2.05) is 24.4 Å². The molecular formula is C19H18F2N2O3S2. The Balaban J connectivity index is 1.63. The van der Waals surface area contributed by atoms with Crippen LogP contribution in [-0.2, 0) is 6.42 Å². The average Bonchev–Trinajstić information content (AvgIpc) is 3.30. The molecule has 0 fully saturated rings. The Labute approximate surface area is 169 Å². The highest BCUT2D eigenvalue weighted by molar-refractivity contribution is 7.16. The summed E-state index contributed by atoms with van der Waals surface area (Å²) >= 11 is 3.21. The lowest BCUT2D eigenvalue weighted by atomic mass is 10.1. The van der Waals surface area contributed by atoms with Gasteiger partial charge in [-0.3, -0.25) is 4.79 Å². The minimum Gasteiger partial charge on any atom is -0.493 e. The van der Waals surface area contributed by atoms with E-state index in [4.69, 9.17) is 4.74 Å². The first-order valence-corrected chi connectivity index (χ1v) is 10.1. The van der Waals surface area contributed by atoms with E-state index in [9.17, 15) is 13.6 Å². The van der Waals surface area contributed by atoms with Crippen LogP contribution in [0.3, 0.4) is 0 Å². The van der Waals surface area contributed by atoms with E-state index in [0.717, 1.165) is 20.5 Å². The average molecular weight is 424 g/mol. The zero-order valence-electron chi connectivity index (χ0n) is 15.2. The molecule has 0 saturated carbocycles. The molecule has 9 heteroatoms. The van der Waals surface area contributed by atoms with Crippen molar-refractivity contribution in [1.82, 2.24) is 10.3 Å². The maximum absolute atomic E-state index is 12.7. The summed E-state index contributed by atoms with van der Waals surface area (Å²) < 4.78 is 34.9. The van der Waals surface area contributed by atoms with Crippen LogP contribution >= 0.6 is 22.7 Å². The lowest BCUT2D eigenvalue weighted by Gasteiger charge is -2.14. The molecule has 148 valence electrons. The minimum atomic E-state index is -3.05. The van der Waals surface area contributed by atoms with Gasteiger partial charge in [0.05, 0.1) is 28.3 Å². The second-order valence-corrected chi connectivity index (χ2v) is 7.97. The lowest BCUT2D eigenvalue weighted by molar-refractivity contribution is -0.0515. The van der Waals surface area contributed by atoms with Gasteiger partial charge in [0.15, 0.2) is 11.5 Å². The monoisotopic (exact) mass is 424 g/mol. The van der Waals surface area contributed by atoms with E-state index in [1.54, 1.807) is 28.7 Å². The SMILES string of the molecule is COc1cccc(C(=O)NCCc2ccc(-c3csc(C)n3)s2)c1OC(F)F. The number of hydrogen-bond acceptors (Lipinski definition) is 6. The predicted octanol–water partition coefficient (Wildman–Crippen LogP) is 4.76. The minimum absolute atomic E-state index is 0.00414. The number of aryl methyl sites for hydroxylation is 1. The number of nitrogens with one attached hydrogen (secondary N) is 1. The van der Waals surface area contributed by atoms with E-state index in [0.29, 0.717) is 13.0 Å². The number of alkyl halides is 2. The van der Waals surface area contributed by atoms with Crippen LogP contribution in [0.15, 0.2) is 35.7 Å². The van der Waals surface area contributed by atoms with Crippen LogP contribution in [0.2, 0.25) is 0 Å². The second kappa shape index (κ2) is 9.11. The molecule has 0 bridgehead atoms. The highest BCUT2D eigenvalue weighted by atomic mass is 32.1. The van der Waals surface area contributed by atoms with Gasteiger partial charge in [0.1, 0.15) is 0 Å². The summed E-state index contributed by atoms with van der Waals surface area (Å²) in [6.07, 6.45) is 0.620. The van der Waals surface area contributed by atoms with Gasteiger partial charge >= 0.3 is 6.61 Å². The van der Waals surface area contributed by atoms with Crippen molar-refractivity contribution in [2.75, 3.05) is 13.7 Å². The summed E-state index contributed by atoms with van der Waals surface area (Å²) in [4.78, 5) is 19.1. The summed E-state index contributed by atoms with van der Waals surface area (Å²) in [7, 11) is 1.33. The summed E-state index contributed by atoms with van der Waals surface area (Å²) in [5, 5.41) is 5.76. The van der Waals surface area contributed by atoms with Gasteiger partial charge in [-0.15, -0.1) is 22.7 Å². The largest absolute Gasteiger partial charge is 0.493 e. The Bertz CT molecular complexity index is 956. The molecular weight excluding hydrogens is 406 g/mol. The molecule has 0 aliphatic rings. The number of aromatic nitrogens is 1. The van der Waals surface area contributed by atoms with Crippen molar-refractivity contribution < 1.29 is 23.0 Å². The maximum atomic E-state index is 12.7. The zero-order valence-corrected chi connectivity index (χ0v) is 16.8. The first-order chi connectivity index (χ1) is 13.5. The third-order valence-electron chi connectivity index (χ3n) is 3.84. The number of ether oxygens (including phenoxy) is 2. The molecule has 2 heterocycles. The van der Waals surface area contributed by atoms with E-state index in [1.165, 1.54) is 19.2 Å². The van der Waals surface area contributed by atoms with Crippen LogP contribution in [0.25, 0.3) is 10.6 Å². The van der Waals surface area contributed by atoms with Gasteiger partial charge in [-0.2, -0.15) is 8.78 Å². The third-order valence-corrected chi connectivity index (χ3v) is 5.78. The number of halogens is 2. The number of carbonyl (C=O) groups is 1. The smallest absolute Gasteiger partial charge is 0.387 e. The molecule has 0 aliphatic carbocycles. The standard InChI is InChI=1S/C19H18F2N2O3S2/c1-11-23-14(10-27-11)16-7-6-12(28-16)8-9-22-18(24)13-4-3-5-15(25-2)17(13)26-19(20)21/h3-7,10,19H,8-9H2,1-2H3,(H,22,24). The van der Waals surface area contributed by atoms with Crippen molar-refractivity contribution >= 4 is 28.6 Å². The summed E-state index contributed by atoms with van der Waals surface area (Å²) in [5.74, 6) is -0.689. The number of benzene rings is 1. The molecule has 0 unspecified atom stereocenters. The Morgan fingerprint density at radius 3 is 2.79 bits per heavy atom. The van der Waals surface area contributed by atoms with Crippen LogP contribution in [0, 0.1) is 6.92 Å². The van der Waals surface area contributed by atoms with Crippen LogP contribution in [0.1, 0.15) is 20.2 Å². The Morgan fingerprint density at radius 1 is 1.29 bits per heavy atom. The van der Waals surface area contributed by atoms with Gasteiger partial charge in [0.2, 0.25) is 0 Å². The van der Waals surface area contributed by atoms with E-state index in [-0.39, 0.29) is 17.1 Å². The van der Waals surface area contributed by atoms with Crippen molar-refractivity contribution in [1.29, 1.82) is 0 Å². The van der Waals surface area contributed by atoms with Crippen molar-refractivity contribution in [3.05, 3.63) is 51.2 Å². The number of amides is 1. The maximum Gasteiger partial charge on any atom is 0.387 e. The Hall–Kier alpha value is -2.52. The fourth-order valence-electron chi connectivity index (χ4n) is 2.59. The van der Waals surface area contributed by atoms with Gasteiger partial charge in [-0.1, -0.05) is 6.07 Å². The molecule has 0 atom stereocenters. The number of nitrogens with zero attached hydrogens (tertiary/aromatic N) is 1. The lowest BCUT2D eigenvalue weighted by Crippen LogP contribution is -2.26. The Kier molecular flexibility index (Phi) is 6.58. The normalized spacial score (nSPS) is 10.9. The van der Waals surface area contributed by atoms with Crippen LogP contribution in [-0.4, -0.2) is 31.2 Å². The third kappa shape index (κ3) is 4.85. The predicted molar refractivity (Wildman–Crippen MR) is 106 cm³/mol. The molecule has 2 aromatic heterocycles. The molecule has 0 aliphatic heterocycles. The molecule has 0 spiro atoms. The number of methoxy groups -OCH3 is 1. The molecule has 28 heavy (non-hydrogen) atoms. The number of rotatable bonds is 8. The second-order valence-electron chi connectivity index (χ2n) is 5.74. The number of hydrogen-bond donors (Lipinski definition) is 1. The molecule has 1 aromatic carbocycles. The van der Waals surface area contributed by atoms with Crippen molar-refractivity contribution in [3.63, 3.8) is 0 Å². The van der Waals surface area contributed by atoms with Crippen molar-refractivity contribution in [3.8, 4) is 22.1 Å². The molecule has 0 saturated heterocycles. The van der Waals surface area contributed by atoms with Gasteiger partial charge in [0, 0.05) is 16.8 Å². The zero-order chi connectivity index (χ0) is 20.1. The van der Waals surface area contributed by atoms with Crippen molar-refractivity contribution in [2.24, 2.45) is 0 Å². The van der Waals surface area contributed by atoms with E-state index >= 15 is 0 Å². The van der Waals surface area contributed by atoms with E-state index < -0.39 is 12.5 Å². The highest BCUT2D eigenvalue weighted by Gasteiger charge is 2.20. The molecule has 0 radical (unpaired) electrons. The fraction of sp³-hybridized carbons (Fsp3) is 0.263. The molecule has 5 nitrogen and oxygen atoms in total. The van der Waals surface area contributed by atoms with Crippen molar-refractivity contribution in [2.45, 2.75) is 20.0 Å². The number of thiazole rings is 1. The first-order valence-electron chi connectivity index (χ1n) is 8.39.